The highest BCUT2D eigenvalue weighted by Crippen LogP contribution is 2.64. The summed E-state index contributed by atoms with van der Waals surface area (Å²) in [5.74, 6) is 0. The lowest BCUT2D eigenvalue weighted by atomic mass is 9.43. The minimum atomic E-state index is -0.155. The summed E-state index contributed by atoms with van der Waals surface area (Å²) in [6.07, 6.45) is 7.16. The number of fused-ring (bicyclic) bond motifs is 12. The average molecular weight is 1020 g/mol. The summed E-state index contributed by atoms with van der Waals surface area (Å²) in [6, 6.07) is 61.8. The molecule has 1 saturated carbocycles. The van der Waals surface area contributed by atoms with Crippen LogP contribution in [-0.2, 0) is 27.1 Å². The predicted molar refractivity (Wildman–Crippen MR) is 334 cm³/mol. The van der Waals surface area contributed by atoms with Crippen LogP contribution in [0.4, 0.5) is 39.8 Å². The normalized spacial score (nSPS) is 20.6. The molecule has 0 radical (unpaired) electrons. The quantitative estimate of drug-likeness (QED) is 0.159. The number of nitrogens with zero attached hydrogens (tertiary/aromatic N) is 3. The van der Waals surface area contributed by atoms with Gasteiger partial charge in [-0.3, -0.25) is 0 Å². The van der Waals surface area contributed by atoms with Gasteiger partial charge in [0.2, 0.25) is 0 Å². The van der Waals surface area contributed by atoms with E-state index in [1.165, 1.54) is 142 Å². The van der Waals surface area contributed by atoms with Crippen molar-refractivity contribution < 1.29 is 0 Å². The molecule has 2 unspecified atom stereocenters. The summed E-state index contributed by atoms with van der Waals surface area (Å²) >= 11 is 2.03. The van der Waals surface area contributed by atoms with E-state index in [4.69, 9.17) is 0 Å². The summed E-state index contributed by atoms with van der Waals surface area (Å²) < 4.78 is 2.77. The molecule has 0 amide bonds. The topological polar surface area (TPSA) is 9.72 Å². The Morgan fingerprint density at radius 2 is 1.12 bits per heavy atom. The van der Waals surface area contributed by atoms with Crippen molar-refractivity contribution in [1.29, 1.82) is 0 Å². The number of hydrogen-bond acceptors (Lipinski definition) is 4. The molecule has 1 fully saturated rings. The molecule has 1 aromatic heterocycles. The number of para-hydroxylation sites is 2. The lowest BCUT2D eigenvalue weighted by molar-refractivity contribution is 0.195. The lowest BCUT2D eigenvalue weighted by Gasteiger charge is -2.53. The summed E-state index contributed by atoms with van der Waals surface area (Å²) in [6.45, 7) is 29.4. The third-order valence-electron chi connectivity index (χ3n) is 19.9. The van der Waals surface area contributed by atoms with Crippen molar-refractivity contribution in [3.05, 3.63) is 186 Å². The van der Waals surface area contributed by atoms with Crippen molar-refractivity contribution in [2.24, 2.45) is 0 Å². The smallest absolute Gasteiger partial charge is 0.333 e. The molecule has 8 aromatic carbocycles. The van der Waals surface area contributed by atoms with E-state index in [-0.39, 0.29) is 39.5 Å². The van der Waals surface area contributed by atoms with Gasteiger partial charge >= 0.3 is 6.85 Å². The lowest BCUT2D eigenvalue weighted by Crippen LogP contribution is -2.64. The maximum atomic E-state index is 2.93. The Labute approximate surface area is 463 Å². The van der Waals surface area contributed by atoms with Gasteiger partial charge in [0.25, 0.3) is 0 Å². The minimum absolute atomic E-state index is 0.0403. The van der Waals surface area contributed by atoms with Crippen molar-refractivity contribution >= 4 is 89.1 Å². The molecule has 0 N–H and O–H groups in total. The highest BCUT2D eigenvalue weighted by Gasteiger charge is 2.62. The zero-order valence-corrected chi connectivity index (χ0v) is 48.4. The first-order chi connectivity index (χ1) is 36.7. The van der Waals surface area contributed by atoms with Crippen molar-refractivity contribution in [2.75, 3.05) is 14.6 Å². The fraction of sp³-hybridized carbons (Fsp3) is 0.333. The van der Waals surface area contributed by atoms with Gasteiger partial charge in [0.15, 0.2) is 0 Å². The third-order valence-corrected chi connectivity index (χ3v) is 21.1. The van der Waals surface area contributed by atoms with Crippen molar-refractivity contribution in [3.8, 4) is 22.3 Å². The Bertz CT molecular complexity index is 3850. The molecule has 0 spiro atoms. The van der Waals surface area contributed by atoms with E-state index in [1.54, 1.807) is 0 Å². The van der Waals surface area contributed by atoms with Gasteiger partial charge in [-0.2, -0.15) is 0 Å². The number of anilines is 7. The first kappa shape index (κ1) is 48.8. The zero-order chi connectivity index (χ0) is 53.3. The van der Waals surface area contributed by atoms with Crippen molar-refractivity contribution in [1.82, 2.24) is 0 Å². The van der Waals surface area contributed by atoms with Crippen molar-refractivity contribution in [3.63, 3.8) is 0 Å². The van der Waals surface area contributed by atoms with E-state index in [9.17, 15) is 0 Å². The number of hydrogen-bond donors (Lipinski definition) is 0. The molecular formula is C72H74BN3S. The Morgan fingerprint density at radius 1 is 0.506 bits per heavy atom. The molecule has 0 bridgehead atoms. The number of benzene rings is 8. The number of rotatable bonds is 5. The highest BCUT2D eigenvalue weighted by molar-refractivity contribution is 7.26. The Morgan fingerprint density at radius 3 is 1.77 bits per heavy atom. The van der Waals surface area contributed by atoms with E-state index in [0.717, 1.165) is 17.8 Å². The maximum Gasteiger partial charge on any atom is 0.333 e. The van der Waals surface area contributed by atoms with Crippen LogP contribution in [0.15, 0.2) is 158 Å². The van der Waals surface area contributed by atoms with E-state index in [2.05, 4.69) is 255 Å². The molecule has 2 aliphatic carbocycles. The Kier molecular flexibility index (Phi) is 10.5. The van der Waals surface area contributed by atoms with Gasteiger partial charge in [-0.25, -0.2) is 0 Å². The van der Waals surface area contributed by atoms with Gasteiger partial charge in [-0.1, -0.05) is 180 Å². The maximum absolute atomic E-state index is 2.93. The van der Waals surface area contributed by atoms with Crippen LogP contribution in [0, 0.1) is 0 Å². The molecule has 386 valence electrons. The van der Waals surface area contributed by atoms with Crippen LogP contribution in [0.1, 0.15) is 149 Å². The Balaban J connectivity index is 1.17. The first-order valence-corrected chi connectivity index (χ1v) is 29.6. The molecule has 2 atom stereocenters. The second kappa shape index (κ2) is 16.5. The van der Waals surface area contributed by atoms with Crippen LogP contribution in [0.5, 0.6) is 0 Å². The Hall–Kier alpha value is -6.56. The summed E-state index contributed by atoms with van der Waals surface area (Å²) in [4.78, 5) is 8.30. The first-order valence-electron chi connectivity index (χ1n) is 28.8. The fourth-order valence-corrected chi connectivity index (χ4v) is 16.4. The van der Waals surface area contributed by atoms with Gasteiger partial charge < -0.3 is 14.6 Å². The van der Waals surface area contributed by atoms with Gasteiger partial charge in [0.05, 0.1) is 5.54 Å². The average Bonchev–Trinajstić information content (AvgIpc) is 3.88. The standard InChI is InChI=1S/C72H74BN3S/c1-67(2,3)46-30-32-59(52(38-46)45-24-16-13-17-25-45)76-60-33-31-51-53-43-55-56(70(9,10)37-36-69(55,7)8)44-62(53)77-66(51)63(60)54-41-50(74(48-26-18-14-19-27-48)49-28-20-15-21-29-49)42-61-64(54)73(76)58-40-47(68(4,5)6)39-57-65(58)75(61)72(12)35-23-22-34-71(57,72)11/h13-21,24-33,38-44H,22-23,34-37H2,1-12H3. The summed E-state index contributed by atoms with van der Waals surface area (Å²) in [5.41, 5.74) is 24.1. The third kappa shape index (κ3) is 7.00. The minimum Gasteiger partial charge on any atom is -0.376 e. The second-order valence-corrected chi connectivity index (χ2v) is 28.6. The molecule has 5 aliphatic rings. The van der Waals surface area contributed by atoms with Gasteiger partial charge in [-0.15, -0.1) is 11.3 Å². The van der Waals surface area contributed by atoms with Crippen LogP contribution < -0.4 is 25.5 Å². The monoisotopic (exact) mass is 1020 g/mol. The van der Waals surface area contributed by atoms with Gasteiger partial charge in [0, 0.05) is 76.5 Å². The molecule has 14 rings (SSSR count). The van der Waals surface area contributed by atoms with E-state index < -0.39 is 0 Å². The van der Waals surface area contributed by atoms with E-state index in [0.29, 0.717) is 0 Å². The fourth-order valence-electron chi connectivity index (χ4n) is 15.2. The molecule has 5 heteroatoms. The number of thiophene rings is 1. The molecule has 4 heterocycles. The van der Waals surface area contributed by atoms with Gasteiger partial charge in [-0.05, 0) is 171 Å². The highest BCUT2D eigenvalue weighted by atomic mass is 32.1. The zero-order valence-electron chi connectivity index (χ0n) is 47.6. The van der Waals surface area contributed by atoms with E-state index in [1.807, 2.05) is 11.3 Å². The summed E-state index contributed by atoms with van der Waals surface area (Å²) in [5, 5.41) is 2.75. The second-order valence-electron chi connectivity index (χ2n) is 27.5. The van der Waals surface area contributed by atoms with Gasteiger partial charge in [0.1, 0.15) is 0 Å². The summed E-state index contributed by atoms with van der Waals surface area (Å²) in [7, 11) is 0. The SMILES string of the molecule is CC(C)(C)c1ccc(N2B3c4cc(C(C)(C)C)cc5c4N(c4cc(N(c6ccccc6)c6ccccc6)cc(c43)-c3c2ccc2c3sc3cc4c(cc32)C(C)(C)CCC4(C)C)C2(C)CCCCC52C)c(-c2ccccc2)c1. The molecule has 77 heavy (non-hydrogen) atoms. The van der Waals surface area contributed by atoms with Crippen molar-refractivity contribution in [2.45, 2.75) is 154 Å². The molecule has 0 saturated heterocycles. The van der Waals surface area contributed by atoms with Crippen LogP contribution >= 0.6 is 11.3 Å². The predicted octanol–water partition coefficient (Wildman–Crippen LogP) is 19.1. The van der Waals surface area contributed by atoms with E-state index >= 15 is 0 Å². The largest absolute Gasteiger partial charge is 0.376 e. The van der Waals surface area contributed by atoms with Crippen LogP contribution in [0.2, 0.25) is 0 Å². The van der Waals surface area contributed by atoms with Crippen LogP contribution in [0.25, 0.3) is 42.4 Å². The van der Waals surface area contributed by atoms with Crippen LogP contribution in [-0.4, -0.2) is 12.4 Å². The molecular weight excluding hydrogens is 950 g/mol. The molecule has 9 aromatic rings. The molecule has 3 aliphatic heterocycles. The molecule has 3 nitrogen and oxygen atoms in total. The van der Waals surface area contributed by atoms with Crippen LogP contribution in [0.3, 0.4) is 0 Å².